The van der Waals surface area contributed by atoms with Crippen molar-refractivity contribution in [1.82, 2.24) is 10.6 Å². The number of hydrogen-bond donors (Lipinski definition) is 3. The predicted molar refractivity (Wildman–Crippen MR) is 93.5 cm³/mol. The smallest absolute Gasteiger partial charge is 0.191 e. The summed E-state index contributed by atoms with van der Waals surface area (Å²) in [7, 11) is 0. The zero-order chi connectivity index (χ0) is 16.7. The third-order valence-electron chi connectivity index (χ3n) is 3.06. The number of aliphatic hydroxyl groups is 1. The Morgan fingerprint density at radius 3 is 2.61 bits per heavy atom. The van der Waals surface area contributed by atoms with Crippen LogP contribution in [0, 0.1) is 5.82 Å². The third kappa shape index (κ3) is 5.82. The maximum atomic E-state index is 12.9. The summed E-state index contributed by atoms with van der Waals surface area (Å²) in [6.07, 6.45) is -0.651. The minimum Gasteiger partial charge on any atom is -0.386 e. The molecule has 0 aliphatic carbocycles. The highest BCUT2D eigenvalue weighted by molar-refractivity contribution is 7.16. The lowest BCUT2D eigenvalue weighted by Gasteiger charge is -2.14. The van der Waals surface area contributed by atoms with Gasteiger partial charge in [0, 0.05) is 18.0 Å². The Morgan fingerprint density at radius 2 is 2.00 bits per heavy atom. The second-order valence-electron chi connectivity index (χ2n) is 4.86. The van der Waals surface area contributed by atoms with Crippen LogP contribution >= 0.6 is 22.9 Å². The van der Waals surface area contributed by atoms with Gasteiger partial charge in [0.2, 0.25) is 0 Å². The summed E-state index contributed by atoms with van der Waals surface area (Å²) in [5.74, 6) is 0.332. The molecule has 1 heterocycles. The maximum absolute atomic E-state index is 12.9. The fraction of sp³-hybridized carbons (Fsp3) is 0.312. The summed E-state index contributed by atoms with van der Waals surface area (Å²) >= 11 is 7.22. The maximum Gasteiger partial charge on any atom is 0.191 e. The molecule has 3 N–H and O–H groups in total. The first kappa shape index (κ1) is 17.7. The summed E-state index contributed by atoms with van der Waals surface area (Å²) in [6, 6.07) is 9.79. The van der Waals surface area contributed by atoms with Crippen molar-refractivity contribution in [3.63, 3.8) is 0 Å². The van der Waals surface area contributed by atoms with E-state index in [2.05, 4.69) is 15.6 Å². The Balaban J connectivity index is 1.92. The van der Waals surface area contributed by atoms with E-state index in [1.165, 1.54) is 23.5 Å². The fourth-order valence-electron chi connectivity index (χ4n) is 1.90. The Kier molecular flexibility index (Phi) is 6.83. The van der Waals surface area contributed by atoms with Gasteiger partial charge in [0.25, 0.3) is 0 Å². The lowest BCUT2D eigenvalue weighted by Crippen LogP contribution is -2.39. The van der Waals surface area contributed by atoms with Crippen LogP contribution in [0.1, 0.15) is 23.5 Å². The molecule has 0 radical (unpaired) electrons. The molecular weight excluding hydrogens is 337 g/mol. The molecule has 0 aliphatic rings. The van der Waals surface area contributed by atoms with Crippen molar-refractivity contribution in [3.05, 3.63) is 57.0 Å². The number of hydrogen-bond acceptors (Lipinski definition) is 3. The van der Waals surface area contributed by atoms with E-state index >= 15 is 0 Å². The standard InChI is InChI=1S/C16H19ClFN3OS/c1-2-19-16(20-9-11-3-5-12(18)6-4-11)21-10-13(22)14-7-8-15(17)23-14/h3-8,13,22H,2,9-10H2,1H3,(H2,19,20,21). The number of thiophene rings is 1. The van der Waals surface area contributed by atoms with E-state index in [0.717, 1.165) is 10.4 Å². The summed E-state index contributed by atoms with van der Waals surface area (Å²) in [4.78, 5) is 5.23. The molecule has 0 fully saturated rings. The van der Waals surface area contributed by atoms with Crippen molar-refractivity contribution in [1.29, 1.82) is 0 Å². The molecule has 1 atom stereocenters. The van der Waals surface area contributed by atoms with Gasteiger partial charge in [-0.15, -0.1) is 11.3 Å². The van der Waals surface area contributed by atoms with Crippen molar-refractivity contribution < 1.29 is 9.50 Å². The average molecular weight is 356 g/mol. The molecule has 124 valence electrons. The van der Waals surface area contributed by atoms with Gasteiger partial charge in [0.1, 0.15) is 11.9 Å². The molecular formula is C16H19ClFN3OS. The lowest BCUT2D eigenvalue weighted by atomic mass is 10.2. The van der Waals surface area contributed by atoms with Gasteiger partial charge < -0.3 is 15.7 Å². The van der Waals surface area contributed by atoms with Crippen LogP contribution in [-0.4, -0.2) is 24.2 Å². The molecule has 1 aromatic heterocycles. The number of halogens is 2. The van der Waals surface area contributed by atoms with Gasteiger partial charge >= 0.3 is 0 Å². The highest BCUT2D eigenvalue weighted by Gasteiger charge is 2.10. The molecule has 1 aromatic carbocycles. The molecule has 0 saturated heterocycles. The highest BCUT2D eigenvalue weighted by atomic mass is 35.5. The first-order chi connectivity index (χ1) is 11.1. The van der Waals surface area contributed by atoms with E-state index in [1.54, 1.807) is 18.2 Å². The highest BCUT2D eigenvalue weighted by Crippen LogP contribution is 2.26. The minimum atomic E-state index is -0.651. The van der Waals surface area contributed by atoms with E-state index in [0.29, 0.717) is 29.9 Å². The first-order valence-corrected chi connectivity index (χ1v) is 8.48. The summed E-state index contributed by atoms with van der Waals surface area (Å²) in [5, 5.41) is 16.3. The molecule has 2 rings (SSSR count). The molecule has 7 heteroatoms. The summed E-state index contributed by atoms with van der Waals surface area (Å²) < 4.78 is 13.5. The third-order valence-corrected chi connectivity index (χ3v) is 4.39. The van der Waals surface area contributed by atoms with Gasteiger partial charge in [0.15, 0.2) is 5.96 Å². The van der Waals surface area contributed by atoms with Crippen LogP contribution in [0.4, 0.5) is 4.39 Å². The largest absolute Gasteiger partial charge is 0.386 e. The number of aliphatic imine (C=N–C) groups is 1. The topological polar surface area (TPSA) is 56.7 Å². The Hall–Kier alpha value is -1.63. The molecule has 0 bridgehead atoms. The van der Waals surface area contributed by atoms with Crippen LogP contribution < -0.4 is 10.6 Å². The first-order valence-electron chi connectivity index (χ1n) is 7.28. The van der Waals surface area contributed by atoms with Crippen molar-refractivity contribution in [2.75, 3.05) is 13.1 Å². The normalized spacial score (nSPS) is 13.0. The molecule has 0 spiro atoms. The predicted octanol–water partition coefficient (Wildman–Crippen LogP) is 3.33. The van der Waals surface area contributed by atoms with Crippen molar-refractivity contribution in [2.45, 2.75) is 19.6 Å². The fourth-order valence-corrected chi connectivity index (χ4v) is 2.95. The second kappa shape index (κ2) is 8.86. The monoisotopic (exact) mass is 355 g/mol. The number of rotatable bonds is 6. The quantitative estimate of drug-likeness (QED) is 0.550. The zero-order valence-corrected chi connectivity index (χ0v) is 14.3. The number of aliphatic hydroxyl groups excluding tert-OH is 1. The number of nitrogens with zero attached hydrogens (tertiary/aromatic N) is 1. The molecule has 1 unspecified atom stereocenters. The molecule has 4 nitrogen and oxygen atoms in total. The molecule has 23 heavy (non-hydrogen) atoms. The van der Waals surface area contributed by atoms with Crippen molar-refractivity contribution in [2.24, 2.45) is 4.99 Å². The van der Waals surface area contributed by atoms with E-state index in [4.69, 9.17) is 11.6 Å². The second-order valence-corrected chi connectivity index (χ2v) is 6.61. The molecule has 2 aromatic rings. The van der Waals surface area contributed by atoms with Crippen LogP contribution in [-0.2, 0) is 6.54 Å². The van der Waals surface area contributed by atoms with Gasteiger partial charge in [-0.05, 0) is 36.8 Å². The van der Waals surface area contributed by atoms with Gasteiger partial charge in [-0.2, -0.15) is 0 Å². The van der Waals surface area contributed by atoms with Crippen LogP contribution in [0.2, 0.25) is 4.34 Å². The van der Waals surface area contributed by atoms with Crippen molar-refractivity contribution in [3.8, 4) is 0 Å². The van der Waals surface area contributed by atoms with Crippen LogP contribution in [0.3, 0.4) is 0 Å². The number of nitrogens with one attached hydrogen (secondary N) is 2. The Bertz CT molecular complexity index is 645. The van der Waals surface area contributed by atoms with Gasteiger partial charge in [-0.25, -0.2) is 9.38 Å². The average Bonchev–Trinajstić information content (AvgIpc) is 2.98. The van der Waals surface area contributed by atoms with Crippen LogP contribution in [0.25, 0.3) is 0 Å². The van der Waals surface area contributed by atoms with E-state index in [9.17, 15) is 9.50 Å². The number of benzene rings is 1. The lowest BCUT2D eigenvalue weighted by molar-refractivity contribution is 0.184. The van der Waals surface area contributed by atoms with Crippen LogP contribution in [0.15, 0.2) is 41.4 Å². The van der Waals surface area contributed by atoms with Crippen molar-refractivity contribution >= 4 is 28.9 Å². The molecule has 0 saturated carbocycles. The molecule has 0 aliphatic heterocycles. The Morgan fingerprint density at radius 1 is 1.26 bits per heavy atom. The van der Waals surface area contributed by atoms with E-state index < -0.39 is 6.10 Å². The van der Waals surface area contributed by atoms with E-state index in [1.807, 2.05) is 13.0 Å². The molecule has 0 amide bonds. The summed E-state index contributed by atoms with van der Waals surface area (Å²) in [6.45, 7) is 3.42. The minimum absolute atomic E-state index is 0.263. The number of guanidine groups is 1. The van der Waals surface area contributed by atoms with Gasteiger partial charge in [-0.1, -0.05) is 23.7 Å². The summed E-state index contributed by atoms with van der Waals surface area (Å²) in [5.41, 5.74) is 0.911. The van der Waals surface area contributed by atoms with E-state index in [-0.39, 0.29) is 5.82 Å². The van der Waals surface area contributed by atoms with Crippen LogP contribution in [0.5, 0.6) is 0 Å². The van der Waals surface area contributed by atoms with Gasteiger partial charge in [0.05, 0.1) is 10.9 Å². The van der Waals surface area contributed by atoms with Gasteiger partial charge in [-0.3, -0.25) is 0 Å². The Labute approximate surface area is 144 Å². The zero-order valence-electron chi connectivity index (χ0n) is 12.7. The SMILES string of the molecule is CCNC(=NCc1ccc(F)cc1)NCC(O)c1ccc(Cl)s1.